The number of rotatable bonds is 5. The molecule has 1 aliphatic rings. The van der Waals surface area contributed by atoms with Gasteiger partial charge in [-0.3, -0.25) is 4.79 Å². The molecule has 2 atom stereocenters. The second-order valence-electron chi connectivity index (χ2n) is 6.06. The van der Waals surface area contributed by atoms with Crippen molar-refractivity contribution in [2.24, 2.45) is 11.8 Å². The summed E-state index contributed by atoms with van der Waals surface area (Å²) in [5, 5.41) is 11.7. The van der Waals surface area contributed by atoms with Gasteiger partial charge in [0.2, 0.25) is 0 Å². The lowest BCUT2D eigenvalue weighted by Gasteiger charge is -2.26. The van der Waals surface area contributed by atoms with Crippen LogP contribution in [0.1, 0.15) is 59.7 Å². The molecule has 114 valence electrons. The molecular weight excluding hydrogens is 266 g/mol. The highest BCUT2D eigenvalue weighted by molar-refractivity contribution is 5.95. The van der Waals surface area contributed by atoms with Crippen LogP contribution in [0, 0.1) is 11.8 Å². The first-order valence-electron chi connectivity index (χ1n) is 7.68. The summed E-state index contributed by atoms with van der Waals surface area (Å²) in [4.78, 5) is 22.7. The predicted octanol–water partition coefficient (Wildman–Crippen LogP) is 3.33. The van der Waals surface area contributed by atoms with Crippen molar-refractivity contribution in [3.8, 4) is 0 Å². The molecule has 0 aliphatic heterocycles. The van der Waals surface area contributed by atoms with Crippen molar-refractivity contribution in [2.45, 2.75) is 39.0 Å². The summed E-state index contributed by atoms with van der Waals surface area (Å²) in [6.45, 7) is 2.99. The molecule has 1 fully saturated rings. The molecule has 4 nitrogen and oxygen atoms in total. The Hall–Kier alpha value is -1.84. The van der Waals surface area contributed by atoms with Crippen molar-refractivity contribution < 1.29 is 14.7 Å². The molecule has 0 bridgehead atoms. The minimum atomic E-state index is -0.978. The third-order valence-corrected chi connectivity index (χ3v) is 4.28. The average Bonchev–Trinajstić information content (AvgIpc) is 2.47. The maximum absolute atomic E-state index is 12.0. The number of hydrogen-bond donors (Lipinski definition) is 2. The summed E-state index contributed by atoms with van der Waals surface area (Å²) >= 11 is 0. The van der Waals surface area contributed by atoms with Gasteiger partial charge in [-0.1, -0.05) is 26.2 Å². The summed E-state index contributed by atoms with van der Waals surface area (Å²) in [6.07, 6.45) is 6.20. The minimum Gasteiger partial charge on any atom is -0.478 e. The van der Waals surface area contributed by atoms with Crippen molar-refractivity contribution in [3.05, 3.63) is 35.4 Å². The van der Waals surface area contributed by atoms with E-state index in [9.17, 15) is 9.59 Å². The van der Waals surface area contributed by atoms with Gasteiger partial charge in [-0.05, 0) is 48.9 Å². The van der Waals surface area contributed by atoms with Crippen molar-refractivity contribution in [2.75, 3.05) is 6.54 Å². The molecule has 0 radical (unpaired) electrons. The van der Waals surface area contributed by atoms with Crippen molar-refractivity contribution in [3.63, 3.8) is 0 Å². The number of amides is 1. The lowest BCUT2D eigenvalue weighted by Crippen LogP contribution is -2.27. The first kappa shape index (κ1) is 15.5. The molecule has 1 amide bonds. The Morgan fingerprint density at radius 2 is 1.86 bits per heavy atom. The van der Waals surface area contributed by atoms with Gasteiger partial charge in [0.15, 0.2) is 0 Å². The fraction of sp³-hybridized carbons (Fsp3) is 0.529. The predicted molar refractivity (Wildman–Crippen MR) is 81.5 cm³/mol. The molecule has 0 heterocycles. The van der Waals surface area contributed by atoms with Crippen LogP contribution in [-0.2, 0) is 0 Å². The van der Waals surface area contributed by atoms with Crippen LogP contribution in [0.15, 0.2) is 24.3 Å². The molecule has 1 aromatic carbocycles. The van der Waals surface area contributed by atoms with E-state index >= 15 is 0 Å². The second-order valence-corrected chi connectivity index (χ2v) is 6.06. The molecule has 2 unspecified atom stereocenters. The summed E-state index contributed by atoms with van der Waals surface area (Å²) in [7, 11) is 0. The van der Waals surface area contributed by atoms with E-state index in [4.69, 9.17) is 5.11 Å². The molecule has 1 saturated carbocycles. The summed E-state index contributed by atoms with van der Waals surface area (Å²) in [5.74, 6) is 0.427. The van der Waals surface area contributed by atoms with E-state index in [0.717, 1.165) is 18.3 Å². The number of nitrogens with one attached hydrogen (secondary N) is 1. The van der Waals surface area contributed by atoms with Crippen LogP contribution in [0.3, 0.4) is 0 Å². The Labute approximate surface area is 125 Å². The van der Waals surface area contributed by atoms with E-state index in [1.165, 1.54) is 37.8 Å². The fourth-order valence-electron chi connectivity index (χ4n) is 3.08. The molecule has 2 rings (SSSR count). The van der Waals surface area contributed by atoms with E-state index in [1.54, 1.807) is 12.1 Å². The van der Waals surface area contributed by atoms with E-state index in [2.05, 4.69) is 12.2 Å². The van der Waals surface area contributed by atoms with Crippen LogP contribution in [0.5, 0.6) is 0 Å². The Balaban J connectivity index is 1.77. The van der Waals surface area contributed by atoms with Gasteiger partial charge < -0.3 is 10.4 Å². The number of carboxylic acids is 1. The molecule has 1 aromatic rings. The highest BCUT2D eigenvalue weighted by Gasteiger charge is 2.18. The van der Waals surface area contributed by atoms with Crippen molar-refractivity contribution in [1.82, 2.24) is 5.32 Å². The van der Waals surface area contributed by atoms with Gasteiger partial charge in [0, 0.05) is 12.1 Å². The lowest BCUT2D eigenvalue weighted by molar-refractivity contribution is 0.0696. The van der Waals surface area contributed by atoms with Crippen LogP contribution in [-0.4, -0.2) is 23.5 Å². The topological polar surface area (TPSA) is 66.4 Å². The zero-order chi connectivity index (χ0) is 15.2. The zero-order valence-electron chi connectivity index (χ0n) is 12.5. The van der Waals surface area contributed by atoms with Crippen molar-refractivity contribution in [1.29, 1.82) is 0 Å². The van der Waals surface area contributed by atoms with Crippen LogP contribution < -0.4 is 5.32 Å². The van der Waals surface area contributed by atoms with Crippen LogP contribution in [0.4, 0.5) is 0 Å². The lowest BCUT2D eigenvalue weighted by atomic mass is 9.81. The number of aromatic carboxylic acids is 1. The van der Waals surface area contributed by atoms with E-state index in [0.29, 0.717) is 12.1 Å². The SMILES string of the molecule is CC1CCCC(CCNC(=O)c2ccc(C(=O)O)cc2)C1. The summed E-state index contributed by atoms with van der Waals surface area (Å²) in [5.41, 5.74) is 0.708. The molecule has 21 heavy (non-hydrogen) atoms. The van der Waals surface area contributed by atoms with Gasteiger partial charge in [-0.25, -0.2) is 4.79 Å². The van der Waals surface area contributed by atoms with Gasteiger partial charge in [-0.2, -0.15) is 0 Å². The molecule has 2 N–H and O–H groups in total. The minimum absolute atomic E-state index is 0.129. The number of hydrogen-bond acceptors (Lipinski definition) is 2. The second kappa shape index (κ2) is 7.25. The Kier molecular flexibility index (Phi) is 5.37. The van der Waals surface area contributed by atoms with E-state index < -0.39 is 5.97 Å². The molecule has 0 saturated heterocycles. The maximum atomic E-state index is 12.0. The summed E-state index contributed by atoms with van der Waals surface area (Å²) < 4.78 is 0. The summed E-state index contributed by atoms with van der Waals surface area (Å²) in [6, 6.07) is 6.03. The highest BCUT2D eigenvalue weighted by Crippen LogP contribution is 2.30. The zero-order valence-corrected chi connectivity index (χ0v) is 12.5. The largest absolute Gasteiger partial charge is 0.478 e. The Morgan fingerprint density at radius 3 is 2.48 bits per heavy atom. The molecule has 0 spiro atoms. The molecule has 1 aliphatic carbocycles. The monoisotopic (exact) mass is 289 g/mol. The molecule has 0 aromatic heterocycles. The van der Waals surface area contributed by atoms with Gasteiger partial charge in [0.05, 0.1) is 5.56 Å². The third-order valence-electron chi connectivity index (χ3n) is 4.28. The van der Waals surface area contributed by atoms with Crippen LogP contribution in [0.2, 0.25) is 0 Å². The number of carbonyl (C=O) groups excluding carboxylic acids is 1. The van der Waals surface area contributed by atoms with E-state index in [-0.39, 0.29) is 11.5 Å². The van der Waals surface area contributed by atoms with E-state index in [1.807, 2.05) is 0 Å². The molecular formula is C17H23NO3. The highest BCUT2D eigenvalue weighted by atomic mass is 16.4. The number of carboxylic acid groups (broad SMARTS) is 1. The first-order valence-corrected chi connectivity index (χ1v) is 7.68. The van der Waals surface area contributed by atoms with Gasteiger partial charge >= 0.3 is 5.97 Å². The number of benzene rings is 1. The number of carbonyl (C=O) groups is 2. The fourth-order valence-corrected chi connectivity index (χ4v) is 3.08. The van der Waals surface area contributed by atoms with Crippen molar-refractivity contribution >= 4 is 11.9 Å². The average molecular weight is 289 g/mol. The molecule has 4 heteroatoms. The first-order chi connectivity index (χ1) is 10.1. The Bertz CT molecular complexity index is 495. The van der Waals surface area contributed by atoms with Gasteiger partial charge in [-0.15, -0.1) is 0 Å². The smallest absolute Gasteiger partial charge is 0.335 e. The van der Waals surface area contributed by atoms with Crippen LogP contribution >= 0.6 is 0 Å². The standard InChI is InChI=1S/C17H23NO3/c1-12-3-2-4-13(11-12)9-10-18-16(19)14-5-7-15(8-6-14)17(20)21/h5-8,12-13H,2-4,9-11H2,1H3,(H,18,19)(H,20,21). The maximum Gasteiger partial charge on any atom is 0.335 e. The van der Waals surface area contributed by atoms with Crippen LogP contribution in [0.25, 0.3) is 0 Å². The Morgan fingerprint density at radius 1 is 1.19 bits per heavy atom. The normalized spacial score (nSPS) is 21.8. The quantitative estimate of drug-likeness (QED) is 0.873. The third kappa shape index (κ3) is 4.59. The van der Waals surface area contributed by atoms with Gasteiger partial charge in [0.25, 0.3) is 5.91 Å². The van der Waals surface area contributed by atoms with Gasteiger partial charge in [0.1, 0.15) is 0 Å².